The number of carbonyl (C=O) groups is 2. The van der Waals surface area contributed by atoms with Crippen LogP contribution < -0.4 is 4.74 Å². The summed E-state index contributed by atoms with van der Waals surface area (Å²) in [6.45, 7) is 0. The molecule has 2 rings (SSSR count). The number of fused-ring (bicyclic) bond motifs is 1. The molecule has 0 saturated heterocycles. The summed E-state index contributed by atoms with van der Waals surface area (Å²) in [7, 11) is 1.53. The van der Waals surface area contributed by atoms with Crippen molar-refractivity contribution in [3.8, 4) is 5.75 Å². The smallest absolute Gasteiger partial charge is 0.339 e. The second kappa shape index (κ2) is 3.73. The Bertz CT molecular complexity index is 411. The molecule has 0 N–H and O–H groups in total. The fourth-order valence-corrected chi connectivity index (χ4v) is 1.68. The summed E-state index contributed by atoms with van der Waals surface area (Å²) in [5.41, 5.74) is 1.22. The average molecular weight is 206 g/mol. The molecule has 1 unspecified atom stereocenters. The zero-order valence-electron chi connectivity index (χ0n) is 8.23. The fraction of sp³-hybridized carbons (Fsp3) is 0.273. The maximum atomic E-state index is 11.5. The van der Waals surface area contributed by atoms with Gasteiger partial charge in [-0.25, -0.2) is 4.79 Å². The van der Waals surface area contributed by atoms with Gasteiger partial charge in [0.1, 0.15) is 5.75 Å². The van der Waals surface area contributed by atoms with Crippen LogP contribution in [-0.4, -0.2) is 25.5 Å². The van der Waals surface area contributed by atoms with Crippen molar-refractivity contribution in [3.05, 3.63) is 29.3 Å². The Labute approximate surface area is 86.8 Å². The molecule has 1 aromatic carbocycles. The van der Waals surface area contributed by atoms with E-state index in [0.29, 0.717) is 24.0 Å². The Hall–Kier alpha value is -1.84. The van der Waals surface area contributed by atoms with Crippen LogP contribution in [0, 0.1) is 0 Å². The lowest BCUT2D eigenvalue weighted by Crippen LogP contribution is -2.29. The molecule has 1 aromatic rings. The van der Waals surface area contributed by atoms with E-state index in [1.807, 2.05) is 0 Å². The van der Waals surface area contributed by atoms with Gasteiger partial charge in [0.2, 0.25) is 0 Å². The van der Waals surface area contributed by atoms with E-state index in [4.69, 9.17) is 9.47 Å². The van der Waals surface area contributed by atoms with Gasteiger partial charge in [-0.1, -0.05) is 6.07 Å². The molecule has 0 spiro atoms. The highest BCUT2D eigenvalue weighted by Crippen LogP contribution is 2.28. The minimum atomic E-state index is -0.693. The Morgan fingerprint density at radius 3 is 3.00 bits per heavy atom. The van der Waals surface area contributed by atoms with E-state index in [-0.39, 0.29) is 0 Å². The monoisotopic (exact) mass is 206 g/mol. The average Bonchev–Trinajstić information content (AvgIpc) is 2.28. The summed E-state index contributed by atoms with van der Waals surface area (Å²) < 4.78 is 10.0. The molecular weight excluding hydrogens is 196 g/mol. The fourth-order valence-electron chi connectivity index (χ4n) is 1.68. The van der Waals surface area contributed by atoms with Gasteiger partial charge in [0.25, 0.3) is 0 Å². The number of esters is 1. The molecule has 0 amide bonds. The largest absolute Gasteiger partial charge is 0.496 e. The number of benzene rings is 1. The zero-order valence-corrected chi connectivity index (χ0v) is 8.23. The molecule has 0 bridgehead atoms. The third kappa shape index (κ3) is 1.58. The highest BCUT2D eigenvalue weighted by atomic mass is 16.5. The van der Waals surface area contributed by atoms with Gasteiger partial charge in [0.15, 0.2) is 12.4 Å². The standard InChI is InChI=1S/C11H10O4/c1-14-10-4-2-3-8-9(10)5-7(6-12)15-11(8)13/h2-4,6-7H,5H2,1H3. The van der Waals surface area contributed by atoms with Crippen LogP contribution in [-0.2, 0) is 16.0 Å². The first-order valence-electron chi connectivity index (χ1n) is 4.58. The molecule has 0 aliphatic carbocycles. The van der Waals surface area contributed by atoms with Crippen molar-refractivity contribution in [2.45, 2.75) is 12.5 Å². The van der Waals surface area contributed by atoms with Crippen molar-refractivity contribution in [2.75, 3.05) is 7.11 Å². The van der Waals surface area contributed by atoms with Crippen LogP contribution in [0.1, 0.15) is 15.9 Å². The molecule has 4 nitrogen and oxygen atoms in total. The predicted octanol–water partition coefficient (Wildman–Crippen LogP) is 0.976. The van der Waals surface area contributed by atoms with Crippen LogP contribution in [0.25, 0.3) is 0 Å². The Morgan fingerprint density at radius 2 is 2.33 bits per heavy atom. The Kier molecular flexibility index (Phi) is 2.41. The predicted molar refractivity (Wildman–Crippen MR) is 52.0 cm³/mol. The van der Waals surface area contributed by atoms with Crippen LogP contribution in [0.2, 0.25) is 0 Å². The van der Waals surface area contributed by atoms with Crippen molar-refractivity contribution < 1.29 is 19.1 Å². The van der Waals surface area contributed by atoms with Crippen molar-refractivity contribution in [3.63, 3.8) is 0 Å². The second-order valence-electron chi connectivity index (χ2n) is 3.27. The van der Waals surface area contributed by atoms with Gasteiger partial charge in [0, 0.05) is 12.0 Å². The molecule has 1 heterocycles. The van der Waals surface area contributed by atoms with Gasteiger partial charge in [-0.2, -0.15) is 0 Å². The first-order valence-corrected chi connectivity index (χ1v) is 4.58. The van der Waals surface area contributed by atoms with Crippen molar-refractivity contribution in [2.24, 2.45) is 0 Å². The molecule has 0 radical (unpaired) electrons. The van der Waals surface area contributed by atoms with E-state index in [9.17, 15) is 9.59 Å². The summed E-state index contributed by atoms with van der Waals surface area (Å²) in [6, 6.07) is 5.15. The number of aldehydes is 1. The van der Waals surface area contributed by atoms with Gasteiger partial charge in [-0.05, 0) is 12.1 Å². The molecule has 0 fully saturated rings. The lowest BCUT2D eigenvalue weighted by Gasteiger charge is -2.22. The third-order valence-electron chi connectivity index (χ3n) is 2.39. The molecular formula is C11H10O4. The number of hydrogen-bond acceptors (Lipinski definition) is 4. The van der Waals surface area contributed by atoms with Crippen LogP contribution in [0.3, 0.4) is 0 Å². The number of methoxy groups -OCH3 is 1. The molecule has 1 aliphatic heterocycles. The second-order valence-corrected chi connectivity index (χ2v) is 3.27. The molecule has 78 valence electrons. The maximum Gasteiger partial charge on any atom is 0.339 e. The normalized spacial score (nSPS) is 19.0. The van der Waals surface area contributed by atoms with E-state index >= 15 is 0 Å². The van der Waals surface area contributed by atoms with Crippen LogP contribution in [0.15, 0.2) is 18.2 Å². The molecule has 1 atom stereocenters. The van der Waals surface area contributed by atoms with Gasteiger partial charge in [-0.3, -0.25) is 4.79 Å². The van der Waals surface area contributed by atoms with Gasteiger partial charge in [0.05, 0.1) is 12.7 Å². The lowest BCUT2D eigenvalue weighted by molar-refractivity contribution is -0.115. The Balaban J connectivity index is 2.49. The minimum Gasteiger partial charge on any atom is -0.496 e. The van der Waals surface area contributed by atoms with E-state index in [0.717, 1.165) is 5.56 Å². The third-order valence-corrected chi connectivity index (χ3v) is 2.39. The van der Waals surface area contributed by atoms with Gasteiger partial charge >= 0.3 is 5.97 Å². The number of ether oxygens (including phenoxy) is 2. The molecule has 0 saturated carbocycles. The summed E-state index contributed by atoms with van der Waals surface area (Å²) >= 11 is 0. The van der Waals surface area contributed by atoms with Crippen LogP contribution in [0.4, 0.5) is 0 Å². The van der Waals surface area contributed by atoms with E-state index in [2.05, 4.69) is 0 Å². The number of rotatable bonds is 2. The van der Waals surface area contributed by atoms with E-state index in [1.54, 1.807) is 18.2 Å². The van der Waals surface area contributed by atoms with Gasteiger partial charge < -0.3 is 9.47 Å². The van der Waals surface area contributed by atoms with Crippen molar-refractivity contribution in [1.29, 1.82) is 0 Å². The molecule has 15 heavy (non-hydrogen) atoms. The van der Waals surface area contributed by atoms with Crippen molar-refractivity contribution in [1.82, 2.24) is 0 Å². The highest BCUT2D eigenvalue weighted by molar-refractivity contribution is 5.94. The lowest BCUT2D eigenvalue weighted by atomic mass is 9.98. The molecule has 1 aliphatic rings. The molecule has 4 heteroatoms. The summed E-state index contributed by atoms with van der Waals surface area (Å²) in [6.07, 6.45) is 0.322. The first kappa shape index (κ1) is 9.71. The minimum absolute atomic E-state index is 0.384. The number of carbonyl (C=O) groups excluding carboxylic acids is 2. The highest BCUT2D eigenvalue weighted by Gasteiger charge is 2.28. The number of hydrogen-bond donors (Lipinski definition) is 0. The number of cyclic esters (lactones) is 1. The summed E-state index contributed by atoms with van der Waals surface area (Å²) in [5, 5.41) is 0. The summed E-state index contributed by atoms with van der Waals surface area (Å²) in [5.74, 6) is 0.156. The SMILES string of the molecule is COc1cccc2c1CC(C=O)OC2=O. The van der Waals surface area contributed by atoms with E-state index in [1.165, 1.54) is 7.11 Å². The summed E-state index contributed by atoms with van der Waals surface area (Å²) in [4.78, 5) is 22.1. The first-order chi connectivity index (χ1) is 7.26. The van der Waals surface area contributed by atoms with E-state index < -0.39 is 12.1 Å². The van der Waals surface area contributed by atoms with Gasteiger partial charge in [-0.15, -0.1) is 0 Å². The zero-order chi connectivity index (χ0) is 10.8. The quantitative estimate of drug-likeness (QED) is 0.534. The van der Waals surface area contributed by atoms with Crippen LogP contribution >= 0.6 is 0 Å². The maximum absolute atomic E-state index is 11.5. The Morgan fingerprint density at radius 1 is 1.53 bits per heavy atom. The van der Waals surface area contributed by atoms with Crippen molar-refractivity contribution >= 4 is 12.3 Å². The molecule has 0 aromatic heterocycles. The topological polar surface area (TPSA) is 52.6 Å². The van der Waals surface area contributed by atoms with Crippen LogP contribution in [0.5, 0.6) is 5.75 Å².